The van der Waals surface area contributed by atoms with Crippen molar-refractivity contribution in [3.8, 4) is 0 Å². The molecule has 0 radical (unpaired) electrons. The van der Waals surface area contributed by atoms with Gasteiger partial charge in [-0.25, -0.2) is 16.8 Å². The summed E-state index contributed by atoms with van der Waals surface area (Å²) in [5.41, 5.74) is -0.828. The lowest BCUT2D eigenvalue weighted by molar-refractivity contribution is -0.0555. The first-order valence-electron chi connectivity index (χ1n) is 7.65. The fraction of sp³-hybridized carbons (Fsp3) is 1.00. The van der Waals surface area contributed by atoms with Gasteiger partial charge in [-0.1, -0.05) is 20.8 Å². The molecule has 0 aromatic rings. The van der Waals surface area contributed by atoms with E-state index in [1.54, 1.807) is 20.8 Å². The van der Waals surface area contributed by atoms with Crippen LogP contribution in [0.1, 0.15) is 48.5 Å². The maximum Gasteiger partial charge on any atom is 0.211 e. The Kier molecular flexibility index (Phi) is 7.31. The monoisotopic (exact) mass is 371 g/mol. The minimum atomic E-state index is -3.49. The second-order valence-corrected chi connectivity index (χ2v) is 12.4. The molecular formula is C15H33NO5S2. The molecule has 0 aromatic carbocycles. The number of nitrogens with zero attached hydrogens (tertiary/aromatic N) is 1. The molecule has 23 heavy (non-hydrogen) atoms. The molecule has 0 spiro atoms. The van der Waals surface area contributed by atoms with Crippen LogP contribution in [0.4, 0.5) is 0 Å². The number of rotatable bonds is 7. The van der Waals surface area contributed by atoms with Crippen molar-refractivity contribution in [1.29, 1.82) is 0 Å². The van der Waals surface area contributed by atoms with Crippen molar-refractivity contribution in [2.45, 2.75) is 66.2 Å². The van der Waals surface area contributed by atoms with Crippen molar-refractivity contribution in [2.24, 2.45) is 5.41 Å². The van der Waals surface area contributed by atoms with Gasteiger partial charge in [0.05, 0.1) is 24.2 Å². The summed E-state index contributed by atoms with van der Waals surface area (Å²) in [6.45, 7) is 13.2. The van der Waals surface area contributed by atoms with Gasteiger partial charge < -0.3 is 4.74 Å². The smallest absolute Gasteiger partial charge is 0.211 e. The zero-order chi connectivity index (χ0) is 18.9. The molecule has 0 N–H and O–H groups in total. The number of hydrogen-bond donors (Lipinski definition) is 0. The van der Waals surface area contributed by atoms with Gasteiger partial charge in [-0.05, 0) is 33.1 Å². The zero-order valence-corrected chi connectivity index (χ0v) is 17.5. The van der Waals surface area contributed by atoms with E-state index in [1.165, 1.54) is 4.31 Å². The van der Waals surface area contributed by atoms with E-state index in [9.17, 15) is 16.8 Å². The van der Waals surface area contributed by atoms with Crippen molar-refractivity contribution in [1.82, 2.24) is 4.31 Å². The Bertz CT molecular complexity index is 582. The van der Waals surface area contributed by atoms with Gasteiger partial charge in [0, 0.05) is 18.3 Å². The average molecular weight is 372 g/mol. The van der Waals surface area contributed by atoms with Crippen LogP contribution in [0.5, 0.6) is 0 Å². The van der Waals surface area contributed by atoms with Gasteiger partial charge in [-0.2, -0.15) is 4.31 Å². The van der Waals surface area contributed by atoms with E-state index in [0.29, 0.717) is 0 Å². The molecular weight excluding hydrogens is 338 g/mol. The molecule has 140 valence electrons. The first kappa shape index (κ1) is 22.8. The highest BCUT2D eigenvalue weighted by atomic mass is 32.2. The Morgan fingerprint density at radius 3 is 1.65 bits per heavy atom. The van der Waals surface area contributed by atoms with Crippen molar-refractivity contribution in [3.63, 3.8) is 0 Å². The van der Waals surface area contributed by atoms with Crippen LogP contribution in [0.25, 0.3) is 0 Å². The largest absolute Gasteiger partial charge is 0.372 e. The number of hydrogen-bond acceptors (Lipinski definition) is 5. The first-order valence-corrected chi connectivity index (χ1v) is 11.6. The third-order valence-electron chi connectivity index (χ3n) is 3.62. The SMILES string of the molecule is C[C@H](O[C@H](CN(C(C)(C)C)S(C)(=O)=O)CS(C)(=O)=O)C(C)(C)C. The molecule has 0 aliphatic rings. The minimum Gasteiger partial charge on any atom is -0.372 e. The van der Waals surface area contributed by atoms with Crippen LogP contribution in [0.15, 0.2) is 0 Å². The molecule has 0 aliphatic heterocycles. The van der Waals surface area contributed by atoms with Gasteiger partial charge in [0.15, 0.2) is 0 Å². The summed E-state index contributed by atoms with van der Waals surface area (Å²) < 4.78 is 54.8. The van der Waals surface area contributed by atoms with Crippen LogP contribution in [0.3, 0.4) is 0 Å². The van der Waals surface area contributed by atoms with Crippen molar-refractivity contribution >= 4 is 19.9 Å². The average Bonchev–Trinajstić information content (AvgIpc) is 2.18. The molecule has 0 amide bonds. The Morgan fingerprint density at radius 2 is 1.39 bits per heavy atom. The minimum absolute atomic E-state index is 0.00975. The topological polar surface area (TPSA) is 80.8 Å². The first-order chi connectivity index (χ1) is 9.84. The Labute approximate surface area is 142 Å². The summed E-state index contributed by atoms with van der Waals surface area (Å²) in [7, 11) is -6.78. The van der Waals surface area contributed by atoms with E-state index in [2.05, 4.69) is 0 Å². The second kappa shape index (κ2) is 7.37. The van der Waals surface area contributed by atoms with Crippen LogP contribution in [0, 0.1) is 5.41 Å². The summed E-state index contributed by atoms with van der Waals surface area (Å²) in [5, 5.41) is 0. The van der Waals surface area contributed by atoms with E-state index in [4.69, 9.17) is 4.74 Å². The predicted molar refractivity (Wildman–Crippen MR) is 94.8 cm³/mol. The van der Waals surface area contributed by atoms with Gasteiger partial charge in [-0.15, -0.1) is 0 Å². The molecule has 0 heterocycles. The Balaban J connectivity index is 5.52. The highest BCUT2D eigenvalue weighted by molar-refractivity contribution is 7.90. The maximum absolute atomic E-state index is 12.1. The molecule has 0 saturated heterocycles. The van der Waals surface area contributed by atoms with Crippen molar-refractivity contribution in [3.05, 3.63) is 0 Å². The highest BCUT2D eigenvalue weighted by Gasteiger charge is 2.35. The van der Waals surface area contributed by atoms with E-state index in [1.807, 2.05) is 27.7 Å². The van der Waals surface area contributed by atoms with E-state index < -0.39 is 31.5 Å². The maximum atomic E-state index is 12.1. The van der Waals surface area contributed by atoms with E-state index in [-0.39, 0.29) is 23.8 Å². The van der Waals surface area contributed by atoms with Gasteiger partial charge in [0.1, 0.15) is 9.84 Å². The van der Waals surface area contributed by atoms with Crippen LogP contribution in [-0.2, 0) is 24.6 Å². The number of ether oxygens (including phenoxy) is 1. The van der Waals surface area contributed by atoms with Gasteiger partial charge in [0.25, 0.3) is 0 Å². The van der Waals surface area contributed by atoms with Crippen LogP contribution in [-0.4, -0.2) is 63.7 Å². The zero-order valence-electron chi connectivity index (χ0n) is 15.9. The number of sulfonamides is 1. The fourth-order valence-electron chi connectivity index (χ4n) is 2.06. The van der Waals surface area contributed by atoms with Crippen LogP contribution in [0.2, 0.25) is 0 Å². The number of sulfone groups is 1. The van der Waals surface area contributed by atoms with Crippen LogP contribution < -0.4 is 0 Å². The highest BCUT2D eigenvalue weighted by Crippen LogP contribution is 2.25. The molecule has 6 nitrogen and oxygen atoms in total. The van der Waals surface area contributed by atoms with E-state index >= 15 is 0 Å². The van der Waals surface area contributed by atoms with Gasteiger partial charge in [-0.3, -0.25) is 0 Å². The molecule has 2 atom stereocenters. The summed E-state index contributed by atoms with van der Waals surface area (Å²) >= 11 is 0. The summed E-state index contributed by atoms with van der Waals surface area (Å²) in [4.78, 5) is 0. The summed E-state index contributed by atoms with van der Waals surface area (Å²) in [6.07, 6.45) is 1.33. The molecule has 0 unspecified atom stereocenters. The lowest BCUT2D eigenvalue weighted by Gasteiger charge is -2.38. The second-order valence-electron chi connectivity index (χ2n) is 8.32. The molecule has 0 bridgehead atoms. The summed E-state index contributed by atoms with van der Waals surface area (Å²) in [5.74, 6) is -0.213. The lowest BCUT2D eigenvalue weighted by atomic mass is 9.90. The third kappa shape index (κ3) is 9.02. The van der Waals surface area contributed by atoms with Gasteiger partial charge in [0.2, 0.25) is 10.0 Å². The van der Waals surface area contributed by atoms with Crippen molar-refractivity contribution < 1.29 is 21.6 Å². The molecule has 0 aliphatic carbocycles. The van der Waals surface area contributed by atoms with Crippen molar-refractivity contribution in [2.75, 3.05) is 24.8 Å². The third-order valence-corrected chi connectivity index (χ3v) is 6.10. The quantitative estimate of drug-likeness (QED) is 0.683. The molecule has 0 aromatic heterocycles. The lowest BCUT2D eigenvalue weighted by Crippen LogP contribution is -2.51. The predicted octanol–water partition coefficient (Wildman–Crippen LogP) is 1.91. The Morgan fingerprint density at radius 1 is 0.957 bits per heavy atom. The molecule has 8 heteroatoms. The Hall–Kier alpha value is -0.180. The normalized spacial score (nSPS) is 17.3. The molecule has 0 fully saturated rings. The standard InChI is InChI=1S/C15H33NO5S2/c1-12(14(2,3)4)21-13(11-22(8,17)18)10-16(15(5,6)7)23(9,19)20/h12-13H,10-11H2,1-9H3/t12-,13+/m0/s1. The summed E-state index contributed by atoms with van der Waals surface area (Å²) in [6, 6.07) is 0. The van der Waals surface area contributed by atoms with E-state index in [0.717, 1.165) is 12.5 Å². The van der Waals surface area contributed by atoms with Crippen LogP contribution >= 0.6 is 0 Å². The van der Waals surface area contributed by atoms with Gasteiger partial charge >= 0.3 is 0 Å². The fourth-order valence-corrected chi connectivity index (χ4v) is 4.35. The molecule has 0 rings (SSSR count). The molecule has 0 saturated carbocycles.